The van der Waals surface area contributed by atoms with Gasteiger partial charge in [0.15, 0.2) is 0 Å². The minimum absolute atomic E-state index is 0.317. The van der Waals surface area contributed by atoms with Crippen molar-refractivity contribution in [2.45, 2.75) is 38.3 Å². The summed E-state index contributed by atoms with van der Waals surface area (Å²) in [5.74, 6) is -0.824. The highest BCUT2D eigenvalue weighted by Gasteiger charge is 2.31. The molecular formula is C12H17N3O2. The standard InChI is InChI=1S/C12H17N3O2/c1-14-6-5-9-10(7-14)13-15(8-3-2-4-8)11(9)12(16)17/h8H,2-7H2,1H3,(H,16,17). The van der Waals surface area contributed by atoms with Gasteiger partial charge in [-0.05, 0) is 32.7 Å². The number of nitrogens with zero attached hydrogens (tertiary/aromatic N) is 3. The van der Waals surface area contributed by atoms with Crippen LogP contribution < -0.4 is 0 Å². The molecule has 0 atom stereocenters. The Hall–Kier alpha value is -1.36. The van der Waals surface area contributed by atoms with Gasteiger partial charge in [0, 0.05) is 18.7 Å². The highest BCUT2D eigenvalue weighted by atomic mass is 16.4. The van der Waals surface area contributed by atoms with Crippen LogP contribution >= 0.6 is 0 Å². The number of aromatic nitrogens is 2. The molecule has 0 bridgehead atoms. The lowest BCUT2D eigenvalue weighted by Gasteiger charge is -2.26. The lowest BCUT2D eigenvalue weighted by atomic mass is 9.93. The van der Waals surface area contributed by atoms with Crippen molar-refractivity contribution in [1.29, 1.82) is 0 Å². The van der Waals surface area contributed by atoms with Crippen molar-refractivity contribution in [2.75, 3.05) is 13.6 Å². The van der Waals surface area contributed by atoms with Gasteiger partial charge in [-0.25, -0.2) is 4.79 Å². The summed E-state index contributed by atoms with van der Waals surface area (Å²) in [6, 6.07) is 0.317. The monoisotopic (exact) mass is 235 g/mol. The number of hydrogen-bond acceptors (Lipinski definition) is 3. The third-order valence-corrected chi connectivity index (χ3v) is 3.88. The first-order valence-corrected chi connectivity index (χ1v) is 6.19. The molecule has 0 radical (unpaired) electrons. The van der Waals surface area contributed by atoms with E-state index in [1.165, 1.54) is 6.42 Å². The van der Waals surface area contributed by atoms with Crippen LogP contribution in [0.25, 0.3) is 0 Å². The molecule has 0 aromatic carbocycles. The Morgan fingerprint density at radius 3 is 2.82 bits per heavy atom. The minimum Gasteiger partial charge on any atom is -0.477 e. The molecule has 1 saturated carbocycles. The molecule has 2 aliphatic rings. The Kier molecular flexibility index (Phi) is 2.43. The lowest BCUT2D eigenvalue weighted by Crippen LogP contribution is -2.27. The highest BCUT2D eigenvalue weighted by molar-refractivity contribution is 5.88. The maximum Gasteiger partial charge on any atom is 0.354 e. The zero-order valence-electron chi connectivity index (χ0n) is 10.0. The van der Waals surface area contributed by atoms with Crippen molar-refractivity contribution >= 4 is 5.97 Å². The van der Waals surface area contributed by atoms with Crippen LogP contribution in [0.4, 0.5) is 0 Å². The summed E-state index contributed by atoms with van der Waals surface area (Å²) in [5.41, 5.74) is 2.36. The zero-order chi connectivity index (χ0) is 12.0. The predicted molar refractivity (Wildman–Crippen MR) is 62.1 cm³/mol. The molecule has 3 rings (SSSR count). The molecule has 92 valence electrons. The number of carboxylic acid groups (broad SMARTS) is 1. The lowest BCUT2D eigenvalue weighted by molar-refractivity contribution is 0.0673. The van der Waals surface area contributed by atoms with E-state index in [9.17, 15) is 9.90 Å². The van der Waals surface area contributed by atoms with Crippen molar-refractivity contribution in [3.8, 4) is 0 Å². The maximum absolute atomic E-state index is 11.4. The molecule has 5 heteroatoms. The fourth-order valence-electron chi connectivity index (χ4n) is 2.67. The van der Waals surface area contributed by atoms with Gasteiger partial charge in [-0.15, -0.1) is 0 Å². The van der Waals surface area contributed by atoms with E-state index in [4.69, 9.17) is 0 Å². The van der Waals surface area contributed by atoms with Crippen LogP contribution in [-0.2, 0) is 13.0 Å². The van der Waals surface area contributed by atoms with Crippen LogP contribution in [0.15, 0.2) is 0 Å². The molecule has 1 aliphatic heterocycles. The van der Waals surface area contributed by atoms with Crippen molar-refractivity contribution in [3.63, 3.8) is 0 Å². The zero-order valence-corrected chi connectivity index (χ0v) is 10.0. The summed E-state index contributed by atoms with van der Waals surface area (Å²) in [5, 5.41) is 13.9. The van der Waals surface area contributed by atoms with Crippen LogP contribution in [0.5, 0.6) is 0 Å². The fraction of sp³-hybridized carbons (Fsp3) is 0.667. The van der Waals surface area contributed by atoms with E-state index in [2.05, 4.69) is 10.00 Å². The normalized spacial score (nSPS) is 21.0. The third kappa shape index (κ3) is 1.65. The number of hydrogen-bond donors (Lipinski definition) is 1. The quantitative estimate of drug-likeness (QED) is 0.839. The summed E-state index contributed by atoms with van der Waals surface area (Å²) in [7, 11) is 2.05. The summed E-state index contributed by atoms with van der Waals surface area (Å²) < 4.78 is 1.77. The molecule has 0 saturated heterocycles. The highest BCUT2D eigenvalue weighted by Crippen LogP contribution is 2.34. The van der Waals surface area contributed by atoms with E-state index in [0.717, 1.165) is 43.6 Å². The summed E-state index contributed by atoms with van der Waals surface area (Å²) in [6.07, 6.45) is 4.13. The number of carbonyl (C=O) groups is 1. The van der Waals surface area contributed by atoms with Gasteiger partial charge in [-0.1, -0.05) is 0 Å². The molecule has 1 N–H and O–H groups in total. The molecular weight excluding hydrogens is 218 g/mol. The summed E-state index contributed by atoms with van der Waals surface area (Å²) >= 11 is 0. The van der Waals surface area contributed by atoms with E-state index in [1.54, 1.807) is 4.68 Å². The summed E-state index contributed by atoms with van der Waals surface area (Å²) in [6.45, 7) is 1.69. The van der Waals surface area contributed by atoms with Gasteiger partial charge in [-0.2, -0.15) is 5.10 Å². The van der Waals surface area contributed by atoms with E-state index in [1.807, 2.05) is 7.05 Å². The van der Waals surface area contributed by atoms with Crippen molar-refractivity contribution in [2.24, 2.45) is 0 Å². The predicted octanol–water partition coefficient (Wildman–Crippen LogP) is 1.29. The van der Waals surface area contributed by atoms with Crippen molar-refractivity contribution in [1.82, 2.24) is 14.7 Å². The number of carboxylic acids is 1. The van der Waals surface area contributed by atoms with Gasteiger partial charge in [0.25, 0.3) is 0 Å². The van der Waals surface area contributed by atoms with Crippen LogP contribution in [0.3, 0.4) is 0 Å². The van der Waals surface area contributed by atoms with Gasteiger partial charge >= 0.3 is 5.97 Å². The van der Waals surface area contributed by atoms with Crippen molar-refractivity contribution in [3.05, 3.63) is 17.0 Å². The van der Waals surface area contributed by atoms with Crippen LogP contribution in [0.2, 0.25) is 0 Å². The number of aromatic carboxylic acids is 1. The van der Waals surface area contributed by atoms with Crippen LogP contribution in [-0.4, -0.2) is 39.3 Å². The van der Waals surface area contributed by atoms with Crippen LogP contribution in [0.1, 0.15) is 47.1 Å². The van der Waals surface area contributed by atoms with E-state index in [0.29, 0.717) is 11.7 Å². The fourth-order valence-corrected chi connectivity index (χ4v) is 2.67. The van der Waals surface area contributed by atoms with E-state index in [-0.39, 0.29) is 0 Å². The number of rotatable bonds is 2. The second-order valence-electron chi connectivity index (χ2n) is 5.10. The van der Waals surface area contributed by atoms with Gasteiger partial charge in [0.05, 0.1) is 11.7 Å². The van der Waals surface area contributed by atoms with Crippen molar-refractivity contribution < 1.29 is 9.90 Å². The third-order valence-electron chi connectivity index (χ3n) is 3.88. The molecule has 17 heavy (non-hydrogen) atoms. The Morgan fingerprint density at radius 1 is 1.47 bits per heavy atom. The van der Waals surface area contributed by atoms with E-state index >= 15 is 0 Å². The molecule has 0 amide bonds. The first-order valence-electron chi connectivity index (χ1n) is 6.19. The Labute approximate surface area is 100 Å². The smallest absolute Gasteiger partial charge is 0.354 e. The van der Waals surface area contributed by atoms with Gasteiger partial charge in [0.2, 0.25) is 0 Å². The Bertz CT molecular complexity index is 463. The first-order chi connectivity index (χ1) is 8.16. The second kappa shape index (κ2) is 3.84. The molecule has 1 aromatic heterocycles. The second-order valence-corrected chi connectivity index (χ2v) is 5.10. The molecule has 5 nitrogen and oxygen atoms in total. The molecule has 1 aliphatic carbocycles. The largest absolute Gasteiger partial charge is 0.477 e. The maximum atomic E-state index is 11.4. The first kappa shape index (κ1) is 10.8. The Morgan fingerprint density at radius 2 is 2.24 bits per heavy atom. The number of likely N-dealkylation sites (N-methyl/N-ethyl adjacent to an activating group) is 1. The van der Waals surface area contributed by atoms with Gasteiger partial charge < -0.3 is 10.0 Å². The molecule has 1 aromatic rings. The summed E-state index contributed by atoms with van der Waals surface area (Å²) in [4.78, 5) is 13.6. The van der Waals surface area contributed by atoms with Gasteiger partial charge in [-0.3, -0.25) is 4.68 Å². The van der Waals surface area contributed by atoms with Crippen LogP contribution in [0, 0.1) is 0 Å². The number of fused-ring (bicyclic) bond motifs is 1. The van der Waals surface area contributed by atoms with E-state index < -0.39 is 5.97 Å². The molecule has 1 fully saturated rings. The average molecular weight is 235 g/mol. The Balaban J connectivity index is 2.05. The molecule has 0 unspecified atom stereocenters. The van der Waals surface area contributed by atoms with Gasteiger partial charge in [0.1, 0.15) is 5.69 Å². The molecule has 0 spiro atoms. The SMILES string of the molecule is CN1CCc2c(nn(C3CCC3)c2C(=O)O)C1. The molecule has 2 heterocycles. The average Bonchev–Trinajstić information content (AvgIpc) is 2.52. The minimum atomic E-state index is -0.824. The topological polar surface area (TPSA) is 58.4 Å².